The van der Waals surface area contributed by atoms with Crippen LogP contribution in [0.1, 0.15) is 58.3 Å². The number of alkyl halides is 5. The molecule has 2 aliphatic carbocycles. The van der Waals surface area contributed by atoms with Crippen molar-refractivity contribution >= 4 is 0 Å². The second-order valence-electron chi connectivity index (χ2n) is 6.65. The van der Waals surface area contributed by atoms with E-state index in [0.29, 0.717) is 18.8 Å². The summed E-state index contributed by atoms with van der Waals surface area (Å²) < 4.78 is 70.8. The lowest BCUT2D eigenvalue weighted by molar-refractivity contribution is -0.304. The van der Waals surface area contributed by atoms with Gasteiger partial charge in [-0.2, -0.15) is 22.0 Å². The van der Waals surface area contributed by atoms with Crippen LogP contribution in [0.25, 0.3) is 0 Å². The quantitative estimate of drug-likeness (QED) is 0.621. The average molecular weight is 314 g/mol. The molecule has 0 spiro atoms. The zero-order valence-corrected chi connectivity index (χ0v) is 12.3. The molecule has 0 radical (unpaired) electrons. The third kappa shape index (κ3) is 4.54. The molecule has 2 aliphatic rings. The van der Waals surface area contributed by atoms with Crippen LogP contribution in [0.15, 0.2) is 0 Å². The molecule has 2 rings (SSSR count). The van der Waals surface area contributed by atoms with Crippen molar-refractivity contribution in [3.8, 4) is 0 Å². The van der Waals surface area contributed by atoms with Gasteiger partial charge in [-0.3, -0.25) is 0 Å². The first-order chi connectivity index (χ1) is 9.68. The monoisotopic (exact) mass is 314 g/mol. The van der Waals surface area contributed by atoms with Crippen LogP contribution in [0.2, 0.25) is 0 Å². The van der Waals surface area contributed by atoms with Gasteiger partial charge in [-0.1, -0.05) is 19.8 Å². The first-order valence-electron chi connectivity index (χ1n) is 7.81. The van der Waals surface area contributed by atoms with E-state index in [1.165, 1.54) is 0 Å². The van der Waals surface area contributed by atoms with Crippen molar-refractivity contribution in [1.82, 2.24) is 0 Å². The molecular weight excluding hydrogens is 291 g/mol. The Bertz CT molecular complexity index is 325. The molecule has 1 nitrogen and oxygen atoms in total. The molecule has 124 valence electrons. The second kappa shape index (κ2) is 6.39. The highest BCUT2D eigenvalue weighted by atomic mass is 19.4. The van der Waals surface area contributed by atoms with Crippen molar-refractivity contribution in [3.63, 3.8) is 0 Å². The van der Waals surface area contributed by atoms with Crippen LogP contribution in [0.5, 0.6) is 0 Å². The fraction of sp³-hybridized carbons (Fsp3) is 1.00. The Morgan fingerprint density at radius 3 is 1.67 bits per heavy atom. The fourth-order valence-electron chi connectivity index (χ4n) is 3.42. The Balaban J connectivity index is 1.82. The Hall–Kier alpha value is -0.390. The maximum Gasteiger partial charge on any atom is 0.391 e. The van der Waals surface area contributed by atoms with Crippen molar-refractivity contribution in [3.05, 3.63) is 0 Å². The van der Waals surface area contributed by atoms with Gasteiger partial charge in [-0.05, 0) is 44.4 Å². The first-order valence-corrected chi connectivity index (χ1v) is 7.81. The Labute approximate surface area is 122 Å². The topological polar surface area (TPSA) is 9.23 Å². The van der Waals surface area contributed by atoms with Gasteiger partial charge in [0.25, 0.3) is 0 Å². The number of halogens is 5. The first kappa shape index (κ1) is 17.0. The molecule has 2 saturated carbocycles. The van der Waals surface area contributed by atoms with Crippen LogP contribution in [-0.4, -0.2) is 18.4 Å². The van der Waals surface area contributed by atoms with Crippen molar-refractivity contribution in [2.45, 2.75) is 76.7 Å². The van der Waals surface area contributed by atoms with Crippen molar-refractivity contribution < 1.29 is 26.7 Å². The molecule has 0 bridgehead atoms. The molecule has 0 N–H and O–H groups in total. The molecular formula is C15H23F5O. The van der Waals surface area contributed by atoms with Crippen molar-refractivity contribution in [2.75, 3.05) is 0 Å². The van der Waals surface area contributed by atoms with Crippen LogP contribution in [-0.2, 0) is 4.74 Å². The lowest BCUT2D eigenvalue weighted by Crippen LogP contribution is -2.40. The summed E-state index contributed by atoms with van der Waals surface area (Å²) in [5.41, 5.74) is 0. The average Bonchev–Trinajstić information content (AvgIpc) is 2.38. The molecule has 0 aromatic carbocycles. The SMILES string of the molecule is CC1CCC(C(F)(F)OC2CCC(C(F)(F)F)CC2)CC1. The highest BCUT2D eigenvalue weighted by molar-refractivity contribution is 4.81. The predicted octanol–water partition coefficient (Wildman–Crippen LogP) is 5.54. The molecule has 6 heteroatoms. The van der Waals surface area contributed by atoms with Crippen LogP contribution < -0.4 is 0 Å². The normalized spacial score (nSPS) is 35.7. The summed E-state index contributed by atoms with van der Waals surface area (Å²) in [6, 6.07) is 0. The summed E-state index contributed by atoms with van der Waals surface area (Å²) in [5, 5.41) is 0. The molecule has 0 aromatic heterocycles. The summed E-state index contributed by atoms with van der Waals surface area (Å²) in [7, 11) is 0. The van der Waals surface area contributed by atoms with Crippen LogP contribution in [0, 0.1) is 17.8 Å². The van der Waals surface area contributed by atoms with Gasteiger partial charge in [0.1, 0.15) is 0 Å². The van der Waals surface area contributed by atoms with Crippen molar-refractivity contribution in [2.24, 2.45) is 17.8 Å². The minimum atomic E-state index is -4.22. The Morgan fingerprint density at radius 1 is 0.714 bits per heavy atom. The highest BCUT2D eigenvalue weighted by Gasteiger charge is 2.46. The minimum Gasteiger partial charge on any atom is -0.317 e. The molecule has 21 heavy (non-hydrogen) atoms. The molecule has 2 fully saturated rings. The van der Waals surface area contributed by atoms with Gasteiger partial charge in [0, 0.05) is 0 Å². The molecule has 0 aromatic rings. The van der Waals surface area contributed by atoms with E-state index in [4.69, 9.17) is 4.74 Å². The van der Waals surface area contributed by atoms with E-state index >= 15 is 0 Å². The third-order valence-electron chi connectivity index (χ3n) is 4.95. The molecule has 0 amide bonds. The number of hydrogen-bond donors (Lipinski definition) is 0. The van der Waals surface area contributed by atoms with E-state index in [1.54, 1.807) is 0 Å². The maximum atomic E-state index is 14.1. The van der Waals surface area contributed by atoms with E-state index in [2.05, 4.69) is 0 Å². The van der Waals surface area contributed by atoms with E-state index in [1.807, 2.05) is 6.92 Å². The van der Waals surface area contributed by atoms with Crippen LogP contribution >= 0.6 is 0 Å². The van der Waals surface area contributed by atoms with Crippen molar-refractivity contribution in [1.29, 1.82) is 0 Å². The maximum absolute atomic E-state index is 14.1. The Kier molecular flexibility index (Phi) is 5.16. The summed E-state index contributed by atoms with van der Waals surface area (Å²) >= 11 is 0. The van der Waals surface area contributed by atoms with Gasteiger partial charge in [0.05, 0.1) is 17.9 Å². The summed E-state index contributed by atoms with van der Waals surface area (Å²) in [6.45, 7) is 2.05. The molecule has 0 saturated heterocycles. The van der Waals surface area contributed by atoms with Crippen LogP contribution in [0.3, 0.4) is 0 Å². The molecule has 0 aliphatic heterocycles. The zero-order valence-electron chi connectivity index (χ0n) is 12.3. The third-order valence-corrected chi connectivity index (χ3v) is 4.95. The van der Waals surface area contributed by atoms with E-state index in [9.17, 15) is 22.0 Å². The molecule has 0 heterocycles. The highest BCUT2D eigenvalue weighted by Crippen LogP contribution is 2.43. The zero-order chi connectivity index (χ0) is 15.7. The van der Waals surface area contributed by atoms with E-state index in [0.717, 1.165) is 12.8 Å². The van der Waals surface area contributed by atoms with Gasteiger partial charge in [-0.15, -0.1) is 0 Å². The van der Waals surface area contributed by atoms with Gasteiger partial charge in [-0.25, -0.2) is 0 Å². The smallest absolute Gasteiger partial charge is 0.317 e. The summed E-state index contributed by atoms with van der Waals surface area (Å²) in [6.07, 6.45) is -5.81. The second-order valence-corrected chi connectivity index (χ2v) is 6.65. The van der Waals surface area contributed by atoms with Gasteiger partial charge >= 0.3 is 12.3 Å². The number of rotatable bonds is 3. The lowest BCUT2D eigenvalue weighted by Gasteiger charge is -2.36. The van der Waals surface area contributed by atoms with E-state index in [-0.39, 0.29) is 25.7 Å². The largest absolute Gasteiger partial charge is 0.391 e. The number of ether oxygens (including phenoxy) is 1. The lowest BCUT2D eigenvalue weighted by atomic mass is 9.82. The minimum absolute atomic E-state index is 0.0723. The van der Waals surface area contributed by atoms with Gasteiger partial charge < -0.3 is 4.74 Å². The standard InChI is InChI=1S/C15H23F5O/c1-10-2-4-12(5-3-10)15(19,20)21-13-8-6-11(7-9-13)14(16,17)18/h10-13H,2-9H2,1H3. The number of hydrogen-bond acceptors (Lipinski definition) is 1. The van der Waals surface area contributed by atoms with Crippen LogP contribution in [0.4, 0.5) is 22.0 Å². The fourth-order valence-corrected chi connectivity index (χ4v) is 3.42. The van der Waals surface area contributed by atoms with Gasteiger partial charge in [0.2, 0.25) is 0 Å². The predicted molar refractivity (Wildman–Crippen MR) is 69.0 cm³/mol. The molecule has 0 unspecified atom stereocenters. The Morgan fingerprint density at radius 2 is 1.19 bits per heavy atom. The van der Waals surface area contributed by atoms with E-state index < -0.39 is 30.2 Å². The van der Waals surface area contributed by atoms with Gasteiger partial charge in [0.15, 0.2) is 0 Å². The summed E-state index contributed by atoms with van der Waals surface area (Å²) in [4.78, 5) is 0. The summed E-state index contributed by atoms with van der Waals surface area (Å²) in [5.74, 6) is -1.67. The molecule has 0 atom stereocenters.